The van der Waals surface area contributed by atoms with Crippen LogP contribution in [-0.4, -0.2) is 11.6 Å². The molecule has 6 aromatic carbocycles. The minimum absolute atomic E-state index is 0.196. The number of carbonyl (C=O) groups is 2. The molecule has 7 aromatic rings. The lowest BCUT2D eigenvalue weighted by molar-refractivity contribution is 0.0903. The number of ketones is 2. The zero-order valence-corrected chi connectivity index (χ0v) is 26.0. The molecule has 0 radical (unpaired) electrons. The van der Waals surface area contributed by atoms with Crippen LogP contribution >= 0.6 is 0 Å². The molecule has 48 heavy (non-hydrogen) atoms. The number of carbonyl (C=O) groups excluding carboxylic acids is 2. The molecule has 1 aliphatic carbocycles. The van der Waals surface area contributed by atoms with E-state index in [1.165, 1.54) is 0 Å². The summed E-state index contributed by atoms with van der Waals surface area (Å²) in [5, 5.41) is 0. The summed E-state index contributed by atoms with van der Waals surface area (Å²) < 4.78 is 7.01. The number of hydrogen-bond acceptors (Lipinski definition) is 3. The lowest BCUT2D eigenvalue weighted by Gasteiger charge is -2.33. The quantitative estimate of drug-likeness (QED) is 0.159. The van der Waals surface area contributed by atoms with Crippen molar-refractivity contribution in [2.75, 3.05) is 0 Å². The smallest absolute Gasteiger partial charge is 0.191 e. The van der Waals surface area contributed by atoms with Crippen LogP contribution in [0.1, 0.15) is 43.0 Å². The van der Waals surface area contributed by atoms with Gasteiger partial charge in [0.1, 0.15) is 16.9 Å². The third kappa shape index (κ3) is 4.59. The zero-order valence-electron chi connectivity index (χ0n) is 26.0. The first-order chi connectivity index (χ1) is 23.7. The van der Waals surface area contributed by atoms with Crippen molar-refractivity contribution in [1.29, 1.82) is 0 Å². The second kappa shape index (κ2) is 12.1. The number of furan rings is 1. The SMILES string of the molecule is O=C(C1=C(c2ccccc2)c2c(-c3ccccc3)oc(-c3ccccc3)c2[C@@]1(C(=O)c1ccccc1)c1ccccc1)c1ccccc1. The third-order valence-electron chi connectivity index (χ3n) is 9.14. The molecule has 0 saturated heterocycles. The fourth-order valence-corrected chi connectivity index (χ4v) is 7.10. The highest BCUT2D eigenvalue weighted by atomic mass is 16.3. The Morgan fingerprint density at radius 3 is 1.38 bits per heavy atom. The van der Waals surface area contributed by atoms with E-state index in [9.17, 15) is 0 Å². The van der Waals surface area contributed by atoms with E-state index in [1.807, 2.05) is 182 Å². The molecule has 1 heterocycles. The summed E-state index contributed by atoms with van der Waals surface area (Å²) in [6, 6.07) is 58.0. The molecule has 1 aromatic heterocycles. The van der Waals surface area contributed by atoms with E-state index in [0.29, 0.717) is 44.9 Å². The van der Waals surface area contributed by atoms with Gasteiger partial charge in [0.15, 0.2) is 11.6 Å². The number of allylic oxidation sites excluding steroid dienone is 1. The average molecular weight is 619 g/mol. The second-order valence-electron chi connectivity index (χ2n) is 11.9. The maximum atomic E-state index is 15.8. The van der Waals surface area contributed by atoms with E-state index in [2.05, 4.69) is 0 Å². The molecule has 0 N–H and O–H groups in total. The Balaban J connectivity index is 1.63. The van der Waals surface area contributed by atoms with E-state index in [0.717, 1.165) is 22.3 Å². The van der Waals surface area contributed by atoms with Crippen molar-refractivity contribution >= 4 is 17.1 Å². The van der Waals surface area contributed by atoms with Crippen molar-refractivity contribution < 1.29 is 14.0 Å². The predicted octanol–water partition coefficient (Wildman–Crippen LogP) is 10.5. The van der Waals surface area contributed by atoms with Gasteiger partial charge in [-0.05, 0) is 11.1 Å². The van der Waals surface area contributed by atoms with E-state index in [-0.39, 0.29) is 11.6 Å². The van der Waals surface area contributed by atoms with Crippen molar-refractivity contribution in [3.63, 3.8) is 0 Å². The highest BCUT2D eigenvalue weighted by molar-refractivity contribution is 6.28. The molecule has 0 unspecified atom stereocenters. The minimum atomic E-state index is -1.56. The Morgan fingerprint density at radius 2 is 0.854 bits per heavy atom. The van der Waals surface area contributed by atoms with Crippen molar-refractivity contribution in [2.45, 2.75) is 5.41 Å². The van der Waals surface area contributed by atoms with Crippen LogP contribution in [0.15, 0.2) is 192 Å². The molecule has 0 bridgehead atoms. The third-order valence-corrected chi connectivity index (χ3v) is 9.14. The van der Waals surface area contributed by atoms with Gasteiger partial charge in [-0.15, -0.1) is 0 Å². The van der Waals surface area contributed by atoms with Gasteiger partial charge in [-0.3, -0.25) is 9.59 Å². The standard InChI is InChI=1S/C45H30O3/c46-41(32-21-9-2-10-22-32)39-37(31-19-7-1-8-20-31)38-40(43(34-25-13-4-14-26-34)48-42(38)33-23-11-3-12-24-33)45(39,36-29-17-6-18-30-36)44(47)35-27-15-5-16-28-35/h1-30H/t45-/m1/s1. The van der Waals surface area contributed by atoms with Gasteiger partial charge in [0.05, 0.1) is 0 Å². The normalized spacial score (nSPS) is 15.2. The highest BCUT2D eigenvalue weighted by Gasteiger charge is 2.58. The van der Waals surface area contributed by atoms with Crippen LogP contribution in [-0.2, 0) is 5.41 Å². The molecule has 0 fully saturated rings. The maximum absolute atomic E-state index is 15.8. The van der Waals surface area contributed by atoms with Crippen molar-refractivity contribution in [2.24, 2.45) is 0 Å². The molecule has 3 nitrogen and oxygen atoms in total. The predicted molar refractivity (Wildman–Crippen MR) is 191 cm³/mol. The minimum Gasteiger partial charge on any atom is -0.455 e. The largest absolute Gasteiger partial charge is 0.455 e. The fraction of sp³-hybridized carbons (Fsp3) is 0.0222. The summed E-state index contributed by atoms with van der Waals surface area (Å²) in [7, 11) is 0. The van der Waals surface area contributed by atoms with Gasteiger partial charge in [-0.2, -0.15) is 0 Å². The molecular weight excluding hydrogens is 588 g/mol. The Hall–Kier alpha value is -6.32. The number of Topliss-reactive ketones (excluding diaryl/α,β-unsaturated/α-hetero) is 2. The van der Waals surface area contributed by atoms with E-state index in [1.54, 1.807) is 0 Å². The topological polar surface area (TPSA) is 47.3 Å². The van der Waals surface area contributed by atoms with Crippen molar-refractivity contribution in [3.05, 3.63) is 221 Å². The summed E-state index contributed by atoms with van der Waals surface area (Å²) >= 11 is 0. The molecule has 0 spiro atoms. The molecule has 1 atom stereocenters. The highest BCUT2D eigenvalue weighted by Crippen LogP contribution is 2.61. The van der Waals surface area contributed by atoms with Gasteiger partial charge in [0.2, 0.25) is 0 Å². The Bertz CT molecular complexity index is 2270. The zero-order chi connectivity index (χ0) is 32.5. The van der Waals surface area contributed by atoms with Gasteiger partial charge >= 0.3 is 0 Å². The number of hydrogen-bond donors (Lipinski definition) is 0. The molecule has 8 rings (SSSR count). The van der Waals surface area contributed by atoms with Crippen LogP contribution in [0, 0.1) is 0 Å². The molecule has 3 heteroatoms. The van der Waals surface area contributed by atoms with Crippen LogP contribution in [0.4, 0.5) is 0 Å². The van der Waals surface area contributed by atoms with Crippen LogP contribution in [0.5, 0.6) is 0 Å². The summed E-state index contributed by atoms with van der Waals surface area (Å²) in [5.41, 5.74) is 5.17. The van der Waals surface area contributed by atoms with Gasteiger partial charge in [0.25, 0.3) is 0 Å². The summed E-state index contributed by atoms with van der Waals surface area (Å²) in [4.78, 5) is 31.1. The van der Waals surface area contributed by atoms with E-state index >= 15 is 9.59 Å². The second-order valence-corrected chi connectivity index (χ2v) is 11.9. The fourth-order valence-electron chi connectivity index (χ4n) is 7.10. The molecule has 0 aliphatic heterocycles. The lowest BCUT2D eigenvalue weighted by Crippen LogP contribution is -2.40. The molecule has 0 saturated carbocycles. The molecular formula is C45H30O3. The van der Waals surface area contributed by atoms with Crippen molar-refractivity contribution in [3.8, 4) is 22.6 Å². The maximum Gasteiger partial charge on any atom is 0.191 e. The molecule has 0 amide bonds. The lowest BCUT2D eigenvalue weighted by atomic mass is 9.64. The van der Waals surface area contributed by atoms with Crippen molar-refractivity contribution in [1.82, 2.24) is 0 Å². The van der Waals surface area contributed by atoms with Crippen LogP contribution in [0.3, 0.4) is 0 Å². The van der Waals surface area contributed by atoms with Crippen LogP contribution < -0.4 is 0 Å². The monoisotopic (exact) mass is 618 g/mol. The van der Waals surface area contributed by atoms with Gasteiger partial charge < -0.3 is 4.42 Å². The van der Waals surface area contributed by atoms with Crippen LogP contribution in [0.25, 0.3) is 28.2 Å². The Labute approximate surface area is 279 Å². The first kappa shape index (κ1) is 29.1. The van der Waals surface area contributed by atoms with Gasteiger partial charge in [0, 0.05) is 44.5 Å². The Morgan fingerprint density at radius 1 is 0.438 bits per heavy atom. The van der Waals surface area contributed by atoms with Gasteiger partial charge in [-0.25, -0.2) is 0 Å². The van der Waals surface area contributed by atoms with E-state index < -0.39 is 5.41 Å². The first-order valence-corrected chi connectivity index (χ1v) is 16.0. The first-order valence-electron chi connectivity index (χ1n) is 16.0. The summed E-state index contributed by atoms with van der Waals surface area (Å²) in [5.74, 6) is 0.761. The average Bonchev–Trinajstić information content (AvgIpc) is 3.71. The Kier molecular flexibility index (Phi) is 7.35. The molecule has 1 aliphatic rings. The van der Waals surface area contributed by atoms with E-state index in [4.69, 9.17) is 4.42 Å². The number of benzene rings is 6. The summed E-state index contributed by atoms with van der Waals surface area (Å²) in [6.07, 6.45) is 0. The number of fused-ring (bicyclic) bond motifs is 1. The molecule has 228 valence electrons. The number of rotatable bonds is 8. The van der Waals surface area contributed by atoms with Gasteiger partial charge in [-0.1, -0.05) is 182 Å². The van der Waals surface area contributed by atoms with Crippen LogP contribution in [0.2, 0.25) is 0 Å². The summed E-state index contributed by atoms with van der Waals surface area (Å²) in [6.45, 7) is 0.